The number of thioether (sulfide) groups is 1. The van der Waals surface area contributed by atoms with Crippen LogP contribution in [0.25, 0.3) is 0 Å². The van der Waals surface area contributed by atoms with Crippen LogP contribution in [0.5, 0.6) is 0 Å². The van der Waals surface area contributed by atoms with Gasteiger partial charge in [0.2, 0.25) is 5.91 Å². The van der Waals surface area contributed by atoms with Crippen LogP contribution in [-0.4, -0.2) is 17.7 Å². The monoisotopic (exact) mass is 311 g/mol. The standard InChI is InChI=1S/C19H21NOS/c1-2-14(15-8-4-3-5-9-15)13-20-19(21)18-12-16-10-6-7-11-17(16)22-18/h3-11,14,18H,2,12-13H2,1H3,(H,20,21)/t14-,18-/m0/s1. The summed E-state index contributed by atoms with van der Waals surface area (Å²) in [5.41, 5.74) is 2.59. The van der Waals surface area contributed by atoms with Crippen molar-refractivity contribution in [2.45, 2.75) is 35.8 Å². The lowest BCUT2D eigenvalue weighted by Crippen LogP contribution is -2.35. The van der Waals surface area contributed by atoms with E-state index >= 15 is 0 Å². The van der Waals surface area contributed by atoms with Gasteiger partial charge in [0.15, 0.2) is 0 Å². The van der Waals surface area contributed by atoms with E-state index in [0.717, 1.165) is 12.8 Å². The number of amides is 1. The van der Waals surface area contributed by atoms with E-state index in [1.165, 1.54) is 16.0 Å². The molecule has 0 spiro atoms. The summed E-state index contributed by atoms with van der Waals surface area (Å²) in [6, 6.07) is 18.7. The third-order valence-electron chi connectivity index (χ3n) is 4.23. The fraction of sp³-hybridized carbons (Fsp3) is 0.316. The van der Waals surface area contributed by atoms with Gasteiger partial charge in [-0.3, -0.25) is 4.79 Å². The molecule has 1 heterocycles. The van der Waals surface area contributed by atoms with Crippen molar-refractivity contribution in [3.05, 3.63) is 65.7 Å². The molecule has 0 bridgehead atoms. The second-order valence-corrected chi connectivity index (χ2v) is 6.92. The van der Waals surface area contributed by atoms with Crippen molar-refractivity contribution < 1.29 is 4.79 Å². The van der Waals surface area contributed by atoms with Crippen LogP contribution in [0, 0.1) is 0 Å². The van der Waals surface area contributed by atoms with Crippen LogP contribution in [0.4, 0.5) is 0 Å². The normalized spacial score (nSPS) is 17.8. The number of carbonyl (C=O) groups is 1. The van der Waals surface area contributed by atoms with Gasteiger partial charge in [0.25, 0.3) is 0 Å². The van der Waals surface area contributed by atoms with E-state index in [1.807, 2.05) is 18.2 Å². The molecule has 1 aliphatic rings. The third-order valence-corrected chi connectivity index (χ3v) is 5.54. The fourth-order valence-electron chi connectivity index (χ4n) is 2.89. The summed E-state index contributed by atoms with van der Waals surface area (Å²) in [4.78, 5) is 13.7. The maximum Gasteiger partial charge on any atom is 0.233 e. The van der Waals surface area contributed by atoms with Crippen molar-refractivity contribution in [3.8, 4) is 0 Å². The highest BCUT2D eigenvalue weighted by molar-refractivity contribution is 8.01. The van der Waals surface area contributed by atoms with Gasteiger partial charge in [-0.15, -0.1) is 11.8 Å². The van der Waals surface area contributed by atoms with Gasteiger partial charge in [0.05, 0.1) is 5.25 Å². The van der Waals surface area contributed by atoms with Crippen molar-refractivity contribution in [3.63, 3.8) is 0 Å². The molecule has 0 unspecified atom stereocenters. The summed E-state index contributed by atoms with van der Waals surface area (Å²) in [7, 11) is 0. The van der Waals surface area contributed by atoms with Crippen molar-refractivity contribution in [1.29, 1.82) is 0 Å². The van der Waals surface area contributed by atoms with Crippen LogP contribution in [0.15, 0.2) is 59.5 Å². The predicted octanol–water partition coefficient (Wildman–Crippen LogP) is 4.01. The lowest BCUT2D eigenvalue weighted by Gasteiger charge is -2.17. The number of hydrogen-bond donors (Lipinski definition) is 1. The van der Waals surface area contributed by atoms with E-state index in [-0.39, 0.29) is 11.2 Å². The molecule has 1 amide bonds. The third kappa shape index (κ3) is 3.36. The molecule has 1 aliphatic heterocycles. The second-order valence-electron chi connectivity index (χ2n) is 5.68. The molecule has 2 aromatic carbocycles. The van der Waals surface area contributed by atoms with Gasteiger partial charge >= 0.3 is 0 Å². The van der Waals surface area contributed by atoms with Gasteiger partial charge in [-0.2, -0.15) is 0 Å². The zero-order valence-corrected chi connectivity index (χ0v) is 13.6. The van der Waals surface area contributed by atoms with E-state index in [1.54, 1.807) is 11.8 Å². The Kier molecular flexibility index (Phi) is 4.84. The molecule has 0 radical (unpaired) electrons. The Morgan fingerprint density at radius 3 is 2.64 bits per heavy atom. The zero-order valence-electron chi connectivity index (χ0n) is 12.8. The molecular formula is C19H21NOS. The molecule has 2 atom stereocenters. The molecule has 0 aromatic heterocycles. The van der Waals surface area contributed by atoms with Gasteiger partial charge in [0, 0.05) is 17.4 Å². The summed E-state index contributed by atoms with van der Waals surface area (Å²) >= 11 is 1.69. The average molecular weight is 311 g/mol. The molecule has 0 saturated heterocycles. The first-order valence-corrected chi connectivity index (χ1v) is 8.73. The molecule has 114 valence electrons. The SMILES string of the molecule is CC[C@@H](CNC(=O)[C@@H]1Cc2ccccc2S1)c1ccccc1. The Balaban J connectivity index is 1.57. The van der Waals surface area contributed by atoms with E-state index in [9.17, 15) is 4.79 Å². The van der Waals surface area contributed by atoms with E-state index < -0.39 is 0 Å². The van der Waals surface area contributed by atoms with Gasteiger partial charge in [-0.05, 0) is 30.0 Å². The Morgan fingerprint density at radius 1 is 1.18 bits per heavy atom. The number of nitrogens with one attached hydrogen (secondary N) is 1. The Hall–Kier alpha value is -1.74. The number of rotatable bonds is 5. The summed E-state index contributed by atoms with van der Waals surface area (Å²) in [5.74, 6) is 0.550. The molecule has 3 heteroatoms. The lowest BCUT2D eigenvalue weighted by atomic mass is 9.96. The molecule has 22 heavy (non-hydrogen) atoms. The maximum absolute atomic E-state index is 12.4. The minimum absolute atomic E-state index is 0.0191. The fourth-order valence-corrected chi connectivity index (χ4v) is 4.11. The van der Waals surface area contributed by atoms with Crippen LogP contribution in [-0.2, 0) is 11.2 Å². The first kappa shape index (κ1) is 15.2. The molecular weight excluding hydrogens is 290 g/mol. The van der Waals surface area contributed by atoms with E-state index in [4.69, 9.17) is 0 Å². The number of fused-ring (bicyclic) bond motifs is 1. The van der Waals surface area contributed by atoms with Crippen LogP contribution < -0.4 is 5.32 Å². The quantitative estimate of drug-likeness (QED) is 0.904. The Labute approximate surface area is 136 Å². The van der Waals surface area contributed by atoms with Crippen molar-refractivity contribution >= 4 is 17.7 Å². The maximum atomic E-state index is 12.4. The topological polar surface area (TPSA) is 29.1 Å². The smallest absolute Gasteiger partial charge is 0.233 e. The molecule has 1 N–H and O–H groups in total. The predicted molar refractivity (Wildman–Crippen MR) is 92.3 cm³/mol. The van der Waals surface area contributed by atoms with Crippen molar-refractivity contribution in [2.75, 3.05) is 6.54 Å². The van der Waals surface area contributed by atoms with Crippen LogP contribution >= 0.6 is 11.8 Å². The summed E-state index contributed by atoms with van der Waals surface area (Å²) < 4.78 is 0. The lowest BCUT2D eigenvalue weighted by molar-refractivity contribution is -0.120. The number of carbonyl (C=O) groups excluding carboxylic acids is 1. The average Bonchev–Trinajstić information content (AvgIpc) is 3.00. The molecule has 2 aromatic rings. The zero-order chi connectivity index (χ0) is 15.4. The molecule has 0 saturated carbocycles. The minimum Gasteiger partial charge on any atom is -0.355 e. The molecule has 3 rings (SSSR count). The molecule has 0 fully saturated rings. The first-order valence-electron chi connectivity index (χ1n) is 7.85. The highest BCUT2D eigenvalue weighted by atomic mass is 32.2. The Bertz CT molecular complexity index is 616. The van der Waals surface area contributed by atoms with Gasteiger partial charge in [-0.25, -0.2) is 0 Å². The molecule has 0 aliphatic carbocycles. The van der Waals surface area contributed by atoms with Crippen LogP contribution in [0.1, 0.15) is 30.4 Å². The minimum atomic E-state index is 0.0191. The summed E-state index contributed by atoms with van der Waals surface area (Å²) in [5, 5.41) is 3.17. The van der Waals surface area contributed by atoms with Gasteiger partial charge < -0.3 is 5.32 Å². The van der Waals surface area contributed by atoms with Crippen LogP contribution in [0.3, 0.4) is 0 Å². The molecule has 2 nitrogen and oxygen atoms in total. The largest absolute Gasteiger partial charge is 0.355 e. The highest BCUT2D eigenvalue weighted by Crippen LogP contribution is 2.36. The second kappa shape index (κ2) is 7.01. The Morgan fingerprint density at radius 2 is 1.91 bits per heavy atom. The number of hydrogen-bond acceptors (Lipinski definition) is 2. The van der Waals surface area contributed by atoms with Crippen LogP contribution in [0.2, 0.25) is 0 Å². The van der Waals surface area contributed by atoms with Crippen molar-refractivity contribution in [2.24, 2.45) is 0 Å². The highest BCUT2D eigenvalue weighted by Gasteiger charge is 2.28. The summed E-state index contributed by atoms with van der Waals surface area (Å²) in [6.07, 6.45) is 1.87. The van der Waals surface area contributed by atoms with E-state index in [0.29, 0.717) is 12.5 Å². The van der Waals surface area contributed by atoms with Crippen molar-refractivity contribution in [1.82, 2.24) is 5.32 Å². The van der Waals surface area contributed by atoms with E-state index in [2.05, 4.69) is 48.6 Å². The van der Waals surface area contributed by atoms with Gasteiger partial charge in [0.1, 0.15) is 0 Å². The first-order chi connectivity index (χ1) is 10.8. The number of benzene rings is 2. The van der Waals surface area contributed by atoms with Gasteiger partial charge in [-0.1, -0.05) is 55.5 Å². The summed E-state index contributed by atoms with van der Waals surface area (Å²) in [6.45, 7) is 2.89.